The van der Waals surface area contributed by atoms with Gasteiger partial charge in [-0.1, -0.05) is 170 Å². The molecule has 2 aliphatic rings. The molecular formula is C46H32. The molecule has 2 aliphatic carbocycles. The minimum atomic E-state index is -0.856. The van der Waals surface area contributed by atoms with Crippen LogP contribution in [0.1, 0.15) is 26.3 Å². The Bertz CT molecular complexity index is 2850. The molecule has 0 heteroatoms. The highest BCUT2D eigenvalue weighted by molar-refractivity contribution is 5.91. The van der Waals surface area contributed by atoms with Crippen molar-refractivity contribution in [1.82, 2.24) is 0 Å². The fourth-order valence-corrected chi connectivity index (χ4v) is 6.99. The van der Waals surface area contributed by atoms with Gasteiger partial charge in [-0.25, -0.2) is 0 Å². The summed E-state index contributed by atoms with van der Waals surface area (Å²) in [4.78, 5) is 0. The van der Waals surface area contributed by atoms with E-state index in [-0.39, 0.29) is 42.3 Å². The van der Waals surface area contributed by atoms with E-state index in [1.807, 2.05) is 109 Å². The predicted molar refractivity (Wildman–Crippen MR) is 195 cm³/mol. The van der Waals surface area contributed by atoms with Gasteiger partial charge in [0.15, 0.2) is 0 Å². The zero-order valence-corrected chi connectivity index (χ0v) is 24.9. The third-order valence-electron chi connectivity index (χ3n) is 9.24. The molecule has 46 heavy (non-hydrogen) atoms. The number of allylic oxidation sites excluding steroid dienone is 4. The molecule has 0 spiro atoms. The maximum atomic E-state index is 9.91. The second-order valence-electron chi connectivity index (χ2n) is 11.9. The van der Waals surface area contributed by atoms with Gasteiger partial charge >= 0.3 is 0 Å². The van der Waals surface area contributed by atoms with Crippen LogP contribution in [-0.4, -0.2) is 0 Å². The Kier molecular flexibility index (Phi) is 4.87. The van der Waals surface area contributed by atoms with E-state index >= 15 is 0 Å². The molecule has 0 radical (unpaired) electrons. The SMILES string of the molecule is [2H]C1=C([2H])C2C(c3ccc4ccccc4c3)=c3c([2H])c([2H])c([2H])c([2H])c3=C(c3ccc(-c4ccc5ccccc5c4)cc3)C2C([2H])=C1c1ccccc1. The maximum absolute atomic E-state index is 9.91. The molecule has 2 unspecified atom stereocenters. The highest BCUT2D eigenvalue weighted by Gasteiger charge is 2.33. The molecule has 0 fully saturated rings. The second-order valence-corrected chi connectivity index (χ2v) is 11.9. The first-order valence-corrected chi connectivity index (χ1v) is 15.6. The average Bonchev–Trinajstić information content (AvgIpc) is 3.20. The van der Waals surface area contributed by atoms with E-state index in [1.54, 1.807) is 0 Å². The minimum absolute atomic E-state index is 0.0105. The lowest BCUT2D eigenvalue weighted by molar-refractivity contribution is 0.689. The first-order valence-electron chi connectivity index (χ1n) is 19.1. The van der Waals surface area contributed by atoms with Crippen molar-refractivity contribution in [3.8, 4) is 11.1 Å². The predicted octanol–water partition coefficient (Wildman–Crippen LogP) is 9.96. The summed E-state index contributed by atoms with van der Waals surface area (Å²) in [5.41, 5.74) is 5.52. The van der Waals surface area contributed by atoms with Crippen LogP contribution in [0.3, 0.4) is 0 Å². The van der Waals surface area contributed by atoms with Gasteiger partial charge in [-0.05, 0) is 88.7 Å². The van der Waals surface area contributed by atoms with Crippen molar-refractivity contribution in [3.63, 3.8) is 0 Å². The van der Waals surface area contributed by atoms with Crippen LogP contribution in [0.4, 0.5) is 0 Å². The Hall–Kier alpha value is -5.72. The van der Waals surface area contributed by atoms with E-state index in [1.165, 1.54) is 0 Å². The Morgan fingerprint density at radius 2 is 0.935 bits per heavy atom. The van der Waals surface area contributed by atoms with Gasteiger partial charge in [0.25, 0.3) is 0 Å². The van der Waals surface area contributed by atoms with Gasteiger partial charge in [0.1, 0.15) is 0 Å². The number of fused-ring (bicyclic) bond motifs is 4. The molecule has 0 saturated carbocycles. The summed E-state index contributed by atoms with van der Waals surface area (Å²) in [5, 5.41) is 4.87. The molecule has 0 aromatic heterocycles. The molecule has 0 nitrogen and oxygen atoms in total. The monoisotopic (exact) mass is 591 g/mol. The summed E-state index contributed by atoms with van der Waals surface area (Å²) in [6.07, 6.45) is 0. The first-order chi connectivity index (χ1) is 25.7. The molecule has 7 aromatic carbocycles. The van der Waals surface area contributed by atoms with Crippen LogP contribution in [0.25, 0.3) is 49.4 Å². The van der Waals surface area contributed by atoms with Gasteiger partial charge in [-0.3, -0.25) is 0 Å². The number of benzene rings is 7. The van der Waals surface area contributed by atoms with E-state index in [9.17, 15) is 6.85 Å². The fourth-order valence-electron chi connectivity index (χ4n) is 6.99. The quantitative estimate of drug-likeness (QED) is 0.191. The lowest BCUT2D eigenvalue weighted by Crippen LogP contribution is -2.40. The molecule has 0 bridgehead atoms. The van der Waals surface area contributed by atoms with Crippen LogP contribution < -0.4 is 10.4 Å². The zero-order chi connectivity index (χ0) is 36.5. The van der Waals surface area contributed by atoms with E-state index in [2.05, 4.69) is 30.3 Å². The van der Waals surface area contributed by atoms with Crippen molar-refractivity contribution in [2.24, 2.45) is 11.8 Å². The molecule has 7 aromatic rings. The van der Waals surface area contributed by atoms with Crippen molar-refractivity contribution in [1.29, 1.82) is 0 Å². The van der Waals surface area contributed by atoms with E-state index in [0.717, 1.165) is 32.7 Å². The Morgan fingerprint density at radius 3 is 1.61 bits per heavy atom. The highest BCUT2D eigenvalue weighted by atomic mass is 14.4. The third-order valence-corrected chi connectivity index (χ3v) is 9.24. The topological polar surface area (TPSA) is 0 Å². The van der Waals surface area contributed by atoms with Crippen LogP contribution in [0, 0.1) is 11.8 Å². The van der Waals surface area contributed by atoms with Crippen molar-refractivity contribution in [2.45, 2.75) is 0 Å². The Balaban J connectivity index is 1.39. The molecule has 216 valence electrons. The van der Waals surface area contributed by atoms with Crippen molar-refractivity contribution >= 4 is 38.3 Å². The van der Waals surface area contributed by atoms with Crippen molar-refractivity contribution in [2.75, 3.05) is 0 Å². The molecule has 0 heterocycles. The number of rotatable bonds is 4. The number of hydrogen-bond donors (Lipinski definition) is 0. The lowest BCUT2D eigenvalue weighted by Gasteiger charge is -2.34. The third kappa shape index (κ3) is 4.54. The summed E-state index contributed by atoms with van der Waals surface area (Å²) in [6.45, 7) is 0. The molecular weight excluding hydrogens is 553 g/mol. The number of hydrogen-bond acceptors (Lipinski definition) is 0. The van der Waals surface area contributed by atoms with Gasteiger partial charge in [0, 0.05) is 11.8 Å². The zero-order valence-electron chi connectivity index (χ0n) is 31.9. The molecule has 0 aliphatic heterocycles. The first kappa shape index (κ1) is 20.3. The van der Waals surface area contributed by atoms with Crippen molar-refractivity contribution in [3.05, 3.63) is 209 Å². The molecule has 2 atom stereocenters. The van der Waals surface area contributed by atoms with Gasteiger partial charge in [0.05, 0.1) is 9.60 Å². The molecule has 0 amide bonds. The van der Waals surface area contributed by atoms with Crippen LogP contribution in [-0.2, 0) is 0 Å². The van der Waals surface area contributed by atoms with E-state index in [0.29, 0.717) is 43.8 Å². The Labute approximate surface area is 279 Å². The smallest absolute Gasteiger partial charge is 0.0629 e. The van der Waals surface area contributed by atoms with E-state index < -0.39 is 11.8 Å². The Morgan fingerprint density at radius 1 is 0.413 bits per heavy atom. The fraction of sp³-hybridized carbons (Fsp3) is 0.0435. The van der Waals surface area contributed by atoms with Crippen LogP contribution in [0.2, 0.25) is 0 Å². The molecule has 9 rings (SSSR count). The van der Waals surface area contributed by atoms with Gasteiger partial charge in [-0.15, -0.1) is 0 Å². The molecule has 0 saturated heterocycles. The standard InChI is InChI=1S/C46H32/c1-2-10-31(11-3-1)39-26-27-43-44(30-39)45(35-22-18-34(19-23-35)38-24-20-32-12-4-6-14-36(32)28-38)41-16-8-9-17-42(41)46(43)40-25-21-33-13-5-7-15-37(33)29-40/h1-30,43-44H/i8D,9D,16D,17D,26D,27D,30D. The summed E-state index contributed by atoms with van der Waals surface area (Å²) >= 11 is 0. The van der Waals surface area contributed by atoms with Gasteiger partial charge < -0.3 is 0 Å². The normalized spacial score (nSPS) is 19.9. The summed E-state index contributed by atoms with van der Waals surface area (Å²) in [5.74, 6) is -1.67. The highest BCUT2D eigenvalue weighted by Crippen LogP contribution is 2.43. The summed E-state index contributed by atoms with van der Waals surface area (Å²) < 4.78 is 65.4. The average molecular weight is 592 g/mol. The largest absolute Gasteiger partial charge is 0.0754 e. The maximum Gasteiger partial charge on any atom is 0.0629 e. The van der Waals surface area contributed by atoms with Gasteiger partial charge in [-0.2, -0.15) is 0 Å². The van der Waals surface area contributed by atoms with Crippen LogP contribution >= 0.6 is 0 Å². The van der Waals surface area contributed by atoms with E-state index in [4.69, 9.17) is 2.74 Å². The van der Waals surface area contributed by atoms with Crippen LogP contribution in [0.5, 0.6) is 0 Å². The summed E-state index contributed by atoms with van der Waals surface area (Å²) in [7, 11) is 0. The minimum Gasteiger partial charge on any atom is -0.0754 e. The summed E-state index contributed by atoms with van der Waals surface area (Å²) in [6, 6.07) is 44.6. The van der Waals surface area contributed by atoms with Crippen LogP contribution in [0.15, 0.2) is 182 Å². The lowest BCUT2D eigenvalue weighted by atomic mass is 9.68. The molecule has 0 N–H and O–H groups in total. The second kappa shape index (κ2) is 11.0. The van der Waals surface area contributed by atoms with Gasteiger partial charge in [0.2, 0.25) is 0 Å². The van der Waals surface area contributed by atoms with Crippen molar-refractivity contribution < 1.29 is 9.60 Å².